The number of hydrogen-bond donors (Lipinski definition) is 2. The van der Waals surface area contributed by atoms with Gasteiger partial charge in [-0.15, -0.1) is 24.0 Å². The molecule has 0 aliphatic carbocycles. The highest BCUT2D eigenvalue weighted by Crippen LogP contribution is 2.22. The van der Waals surface area contributed by atoms with Gasteiger partial charge in [0.25, 0.3) is 0 Å². The zero-order chi connectivity index (χ0) is 18.4. The molecule has 0 saturated carbocycles. The van der Waals surface area contributed by atoms with Crippen molar-refractivity contribution in [2.45, 2.75) is 38.0 Å². The minimum absolute atomic E-state index is 0. The molecule has 8 heteroatoms. The zero-order valence-electron chi connectivity index (χ0n) is 15.9. The van der Waals surface area contributed by atoms with Crippen LogP contribution in [0.1, 0.15) is 27.2 Å². The molecule has 0 amide bonds. The van der Waals surface area contributed by atoms with E-state index in [-0.39, 0.29) is 28.7 Å². The molecular formula is C18H30BrIN4OS. The van der Waals surface area contributed by atoms with Crippen molar-refractivity contribution in [3.63, 3.8) is 0 Å². The van der Waals surface area contributed by atoms with Crippen LogP contribution in [0.15, 0.2) is 33.7 Å². The summed E-state index contributed by atoms with van der Waals surface area (Å²) < 4.78 is 13.0. The van der Waals surface area contributed by atoms with Crippen LogP contribution in [0.25, 0.3) is 0 Å². The normalized spacial score (nSPS) is 19.0. The van der Waals surface area contributed by atoms with Crippen molar-refractivity contribution in [3.05, 3.63) is 28.7 Å². The second kappa shape index (κ2) is 10.8. The van der Waals surface area contributed by atoms with Crippen LogP contribution in [0.4, 0.5) is 5.69 Å². The Hall–Kier alpha value is -0.350. The Morgan fingerprint density at radius 2 is 2.00 bits per heavy atom. The highest BCUT2D eigenvalue weighted by Gasteiger charge is 2.24. The maximum Gasteiger partial charge on any atom is 0.191 e. The highest BCUT2D eigenvalue weighted by molar-refractivity contribution is 14.0. The smallest absolute Gasteiger partial charge is 0.191 e. The number of benzene rings is 1. The van der Waals surface area contributed by atoms with Gasteiger partial charge in [-0.3, -0.25) is 9.20 Å². The first-order valence-corrected chi connectivity index (χ1v) is 10.8. The molecule has 0 spiro atoms. The molecule has 0 radical (unpaired) electrons. The Morgan fingerprint density at radius 3 is 2.58 bits per heavy atom. The molecule has 0 aromatic heterocycles. The molecule has 1 aliphatic rings. The first kappa shape index (κ1) is 23.7. The van der Waals surface area contributed by atoms with Gasteiger partial charge in [-0.25, -0.2) is 0 Å². The number of guanidine groups is 1. The summed E-state index contributed by atoms with van der Waals surface area (Å²) in [5.74, 6) is 1.41. The van der Waals surface area contributed by atoms with E-state index in [0.29, 0.717) is 18.3 Å². The molecule has 2 unspecified atom stereocenters. The number of halogens is 2. The van der Waals surface area contributed by atoms with E-state index >= 15 is 0 Å². The Kier molecular flexibility index (Phi) is 9.88. The summed E-state index contributed by atoms with van der Waals surface area (Å²) in [4.78, 5) is 6.67. The molecule has 5 nitrogen and oxygen atoms in total. The van der Waals surface area contributed by atoms with Crippen LogP contribution in [0.2, 0.25) is 0 Å². The molecule has 1 aromatic rings. The van der Waals surface area contributed by atoms with Gasteiger partial charge in [-0.05, 0) is 51.5 Å². The average molecular weight is 557 g/mol. The summed E-state index contributed by atoms with van der Waals surface area (Å²) in [6.45, 7) is 8.66. The largest absolute Gasteiger partial charge is 0.369 e. The van der Waals surface area contributed by atoms with Crippen molar-refractivity contribution in [2.24, 2.45) is 4.99 Å². The topological polar surface area (TPSA) is 56.7 Å². The number of hydrogen-bond acceptors (Lipinski definition) is 3. The second-order valence-electron chi connectivity index (χ2n) is 7.21. The fraction of sp³-hybridized carbons (Fsp3) is 0.611. The van der Waals surface area contributed by atoms with Crippen LogP contribution in [-0.2, 0) is 10.8 Å². The zero-order valence-corrected chi connectivity index (χ0v) is 20.7. The number of nitrogens with zero attached hydrogens (tertiary/aromatic N) is 2. The predicted molar refractivity (Wildman–Crippen MR) is 127 cm³/mol. The van der Waals surface area contributed by atoms with Crippen LogP contribution in [0.5, 0.6) is 0 Å². The van der Waals surface area contributed by atoms with E-state index in [1.165, 1.54) is 5.69 Å². The van der Waals surface area contributed by atoms with Crippen molar-refractivity contribution in [1.29, 1.82) is 0 Å². The lowest BCUT2D eigenvalue weighted by Crippen LogP contribution is -2.46. The minimum atomic E-state index is -0.850. The van der Waals surface area contributed by atoms with Gasteiger partial charge in [0.2, 0.25) is 0 Å². The van der Waals surface area contributed by atoms with E-state index in [2.05, 4.69) is 60.7 Å². The van der Waals surface area contributed by atoms with Crippen molar-refractivity contribution in [1.82, 2.24) is 10.6 Å². The van der Waals surface area contributed by atoms with Crippen LogP contribution >= 0.6 is 39.9 Å². The summed E-state index contributed by atoms with van der Waals surface area (Å²) in [6.07, 6.45) is 1.07. The van der Waals surface area contributed by atoms with Gasteiger partial charge in [-0.1, -0.05) is 15.9 Å². The quantitative estimate of drug-likeness (QED) is 0.332. The van der Waals surface area contributed by atoms with E-state index in [0.717, 1.165) is 29.9 Å². The van der Waals surface area contributed by atoms with Crippen molar-refractivity contribution >= 4 is 62.4 Å². The van der Waals surface area contributed by atoms with Gasteiger partial charge in [0.05, 0.1) is 0 Å². The van der Waals surface area contributed by atoms with E-state index in [9.17, 15) is 4.21 Å². The molecule has 2 atom stereocenters. The maximum atomic E-state index is 12.1. The summed E-state index contributed by atoms with van der Waals surface area (Å²) in [6, 6.07) is 8.79. The molecule has 0 bridgehead atoms. The molecular weight excluding hydrogens is 527 g/mol. The first-order valence-electron chi connectivity index (χ1n) is 8.66. The van der Waals surface area contributed by atoms with Gasteiger partial charge in [0.1, 0.15) is 0 Å². The number of nitrogens with one attached hydrogen (secondary N) is 2. The summed E-state index contributed by atoms with van der Waals surface area (Å²) >= 11 is 3.48. The van der Waals surface area contributed by atoms with Crippen LogP contribution in [-0.4, -0.2) is 53.4 Å². The predicted octanol–water partition coefficient (Wildman–Crippen LogP) is 3.36. The van der Waals surface area contributed by atoms with Crippen molar-refractivity contribution in [3.8, 4) is 0 Å². The number of anilines is 1. The maximum absolute atomic E-state index is 12.1. The van der Waals surface area contributed by atoms with Crippen LogP contribution < -0.4 is 15.5 Å². The molecule has 1 fully saturated rings. The summed E-state index contributed by atoms with van der Waals surface area (Å²) in [5, 5.41) is 6.76. The minimum Gasteiger partial charge on any atom is -0.369 e. The Balaban J connectivity index is 0.00000338. The molecule has 2 rings (SSSR count). The van der Waals surface area contributed by atoms with Crippen molar-refractivity contribution < 1.29 is 4.21 Å². The lowest BCUT2D eigenvalue weighted by atomic mass is 10.3. The van der Waals surface area contributed by atoms with Gasteiger partial charge in [-0.2, -0.15) is 0 Å². The third-order valence-corrected chi connectivity index (χ3v) is 6.68. The molecule has 2 N–H and O–H groups in total. The fourth-order valence-electron chi connectivity index (χ4n) is 2.72. The Labute approximate surface area is 185 Å². The lowest BCUT2D eigenvalue weighted by Gasteiger charge is -2.21. The van der Waals surface area contributed by atoms with Crippen LogP contribution in [0.3, 0.4) is 0 Å². The van der Waals surface area contributed by atoms with Gasteiger partial charge in [0.15, 0.2) is 5.96 Å². The molecule has 1 aromatic carbocycles. The summed E-state index contributed by atoms with van der Waals surface area (Å²) in [7, 11) is 0.926. The van der Waals surface area contributed by atoms with E-state index in [1.807, 2.05) is 20.8 Å². The number of rotatable bonds is 5. The highest BCUT2D eigenvalue weighted by atomic mass is 127. The second-order valence-corrected chi connectivity index (χ2v) is 10.5. The molecule has 1 aliphatic heterocycles. The van der Waals surface area contributed by atoms with Crippen LogP contribution in [0, 0.1) is 0 Å². The molecule has 148 valence electrons. The van der Waals surface area contributed by atoms with E-state index in [1.54, 1.807) is 7.05 Å². The van der Waals surface area contributed by atoms with Gasteiger partial charge < -0.3 is 15.5 Å². The Bertz CT molecular complexity index is 619. The van der Waals surface area contributed by atoms with Gasteiger partial charge in [0, 0.05) is 64.2 Å². The molecule has 1 saturated heterocycles. The van der Waals surface area contributed by atoms with E-state index < -0.39 is 10.8 Å². The fourth-order valence-corrected chi connectivity index (χ4v) is 3.88. The molecule has 1 heterocycles. The van der Waals surface area contributed by atoms with Gasteiger partial charge >= 0.3 is 0 Å². The SMILES string of the molecule is CN=C(NCCS(=O)C(C)(C)C)NC1CCN(c2ccc(Br)cc2)C1.I. The van der Waals surface area contributed by atoms with E-state index in [4.69, 9.17) is 0 Å². The Morgan fingerprint density at radius 1 is 1.35 bits per heavy atom. The third-order valence-electron chi connectivity index (χ3n) is 4.21. The first-order chi connectivity index (χ1) is 11.8. The monoisotopic (exact) mass is 556 g/mol. The third kappa shape index (κ3) is 7.34. The summed E-state index contributed by atoms with van der Waals surface area (Å²) in [5.41, 5.74) is 1.25. The molecule has 26 heavy (non-hydrogen) atoms. The number of aliphatic imine (C=N–C) groups is 1. The van der Waals surface area contributed by atoms with Crippen molar-refractivity contribution in [2.75, 3.05) is 37.3 Å². The average Bonchev–Trinajstić information content (AvgIpc) is 3.02. The standard InChI is InChI=1S/C18H29BrN4OS.HI/c1-18(2,3)25(24)12-10-21-17(20-4)22-15-9-11-23(13-15)16-7-5-14(19)6-8-16;/h5-8,15H,9-13H2,1-4H3,(H2,20,21,22);1H. The lowest BCUT2D eigenvalue weighted by molar-refractivity contribution is 0.641.